The monoisotopic (exact) mass is 313 g/mol. The fourth-order valence-corrected chi connectivity index (χ4v) is 1.99. The maximum Gasteiger partial charge on any atom is 0.316 e. The largest absolute Gasteiger partial charge is 0.492 e. The van der Waals surface area contributed by atoms with Crippen LogP contribution < -0.4 is 21.1 Å². The number of amides is 3. The summed E-state index contributed by atoms with van der Waals surface area (Å²) in [7, 11) is 0. The number of nitrogens with two attached hydrogens (primary N) is 1. The molecule has 0 saturated heterocycles. The first kappa shape index (κ1) is 16.4. The van der Waals surface area contributed by atoms with Crippen molar-refractivity contribution >= 4 is 17.6 Å². The molecule has 0 saturated carbocycles. The zero-order valence-electron chi connectivity index (χ0n) is 12.8. The average molecular weight is 313 g/mol. The van der Waals surface area contributed by atoms with Crippen molar-refractivity contribution in [2.45, 2.75) is 6.92 Å². The minimum Gasteiger partial charge on any atom is -0.492 e. The molecule has 0 heterocycles. The first-order valence-corrected chi connectivity index (χ1v) is 7.19. The second-order valence-corrected chi connectivity index (χ2v) is 4.99. The molecule has 0 aliphatic rings. The lowest BCUT2D eigenvalue weighted by Gasteiger charge is -2.09. The number of carbonyl (C=O) groups excluding carboxylic acids is 2. The molecule has 2 rings (SSSR count). The van der Waals surface area contributed by atoms with Gasteiger partial charge in [0.2, 0.25) is 0 Å². The van der Waals surface area contributed by atoms with Gasteiger partial charge in [0.25, 0.3) is 5.91 Å². The van der Waals surface area contributed by atoms with Crippen LogP contribution in [0.1, 0.15) is 15.9 Å². The van der Waals surface area contributed by atoms with Crippen LogP contribution in [0.5, 0.6) is 5.75 Å². The Morgan fingerprint density at radius 1 is 1.13 bits per heavy atom. The number of primary amides is 1. The number of anilines is 1. The summed E-state index contributed by atoms with van der Waals surface area (Å²) in [6.07, 6.45) is 0. The van der Waals surface area contributed by atoms with Crippen LogP contribution in [0.15, 0.2) is 48.5 Å². The summed E-state index contributed by atoms with van der Waals surface area (Å²) in [5.74, 6) is 0.574. The standard InChI is InChI=1S/C17H19N3O3/c1-12-3-2-4-15(11-12)23-10-9-19-16(21)13-5-7-14(8-6-13)20-17(18)22/h2-8,11H,9-10H2,1H3,(H,19,21)(H3,18,20,22). The van der Waals surface area contributed by atoms with Crippen molar-refractivity contribution in [3.05, 3.63) is 59.7 Å². The summed E-state index contributed by atoms with van der Waals surface area (Å²) in [6, 6.07) is 13.5. The van der Waals surface area contributed by atoms with Crippen LogP contribution in [-0.2, 0) is 0 Å². The minimum absolute atomic E-state index is 0.205. The molecule has 0 radical (unpaired) electrons. The Labute approximate surface area is 134 Å². The molecule has 0 aliphatic heterocycles. The van der Waals surface area contributed by atoms with Gasteiger partial charge >= 0.3 is 6.03 Å². The van der Waals surface area contributed by atoms with Gasteiger partial charge in [-0.2, -0.15) is 0 Å². The molecule has 23 heavy (non-hydrogen) atoms. The van der Waals surface area contributed by atoms with E-state index in [1.807, 2.05) is 31.2 Å². The molecule has 6 nitrogen and oxygen atoms in total. The van der Waals surface area contributed by atoms with E-state index in [0.29, 0.717) is 24.4 Å². The van der Waals surface area contributed by atoms with Crippen LogP contribution >= 0.6 is 0 Å². The zero-order chi connectivity index (χ0) is 16.7. The van der Waals surface area contributed by atoms with Gasteiger partial charge in [-0.1, -0.05) is 12.1 Å². The highest BCUT2D eigenvalue weighted by molar-refractivity contribution is 5.95. The minimum atomic E-state index is -0.643. The number of ether oxygens (including phenoxy) is 1. The third-order valence-electron chi connectivity index (χ3n) is 3.06. The van der Waals surface area contributed by atoms with Crippen molar-refractivity contribution in [1.82, 2.24) is 5.32 Å². The van der Waals surface area contributed by atoms with Gasteiger partial charge in [-0.25, -0.2) is 4.79 Å². The number of hydrogen-bond acceptors (Lipinski definition) is 3. The Bertz CT molecular complexity index is 684. The SMILES string of the molecule is Cc1cccc(OCCNC(=O)c2ccc(NC(N)=O)cc2)c1. The van der Waals surface area contributed by atoms with Crippen LogP contribution in [-0.4, -0.2) is 25.1 Å². The molecule has 0 fully saturated rings. The molecule has 0 aliphatic carbocycles. The number of aryl methyl sites for hydroxylation is 1. The Hall–Kier alpha value is -3.02. The lowest BCUT2D eigenvalue weighted by Crippen LogP contribution is -2.28. The first-order chi connectivity index (χ1) is 11.0. The molecule has 3 amide bonds. The number of rotatable bonds is 6. The molecule has 0 aromatic heterocycles. The molecular weight excluding hydrogens is 294 g/mol. The van der Waals surface area contributed by atoms with E-state index in [2.05, 4.69) is 10.6 Å². The molecule has 0 spiro atoms. The Morgan fingerprint density at radius 3 is 2.52 bits per heavy atom. The van der Waals surface area contributed by atoms with Crippen molar-refractivity contribution in [3.8, 4) is 5.75 Å². The van der Waals surface area contributed by atoms with Crippen molar-refractivity contribution < 1.29 is 14.3 Å². The van der Waals surface area contributed by atoms with Crippen LogP contribution in [0.3, 0.4) is 0 Å². The van der Waals surface area contributed by atoms with Gasteiger partial charge in [0, 0.05) is 11.3 Å². The fourth-order valence-electron chi connectivity index (χ4n) is 1.99. The third kappa shape index (κ3) is 5.35. The number of urea groups is 1. The molecule has 6 heteroatoms. The number of benzene rings is 2. The van der Waals surface area contributed by atoms with Gasteiger partial charge in [-0.05, 0) is 48.9 Å². The predicted octanol–water partition coefficient (Wildman–Crippen LogP) is 2.29. The number of nitrogens with one attached hydrogen (secondary N) is 2. The van der Waals surface area contributed by atoms with Gasteiger partial charge in [0.15, 0.2) is 0 Å². The average Bonchev–Trinajstić information content (AvgIpc) is 2.51. The normalized spacial score (nSPS) is 9.96. The third-order valence-corrected chi connectivity index (χ3v) is 3.06. The summed E-state index contributed by atoms with van der Waals surface area (Å²) >= 11 is 0. The van der Waals surface area contributed by atoms with Crippen LogP contribution in [0.2, 0.25) is 0 Å². The molecule has 2 aromatic rings. The van der Waals surface area contributed by atoms with E-state index >= 15 is 0 Å². The van der Waals surface area contributed by atoms with Gasteiger partial charge in [-0.15, -0.1) is 0 Å². The molecule has 0 unspecified atom stereocenters. The van der Waals surface area contributed by atoms with E-state index in [-0.39, 0.29) is 5.91 Å². The van der Waals surface area contributed by atoms with Gasteiger partial charge in [0.05, 0.1) is 6.54 Å². The molecular formula is C17H19N3O3. The predicted molar refractivity (Wildman–Crippen MR) is 88.7 cm³/mol. The quantitative estimate of drug-likeness (QED) is 0.714. The zero-order valence-corrected chi connectivity index (χ0v) is 12.8. The maximum absolute atomic E-state index is 12.0. The number of hydrogen-bond donors (Lipinski definition) is 3. The Balaban J connectivity index is 1.77. The molecule has 4 N–H and O–H groups in total. The second kappa shape index (κ2) is 7.84. The van der Waals surface area contributed by atoms with Crippen molar-refractivity contribution in [2.75, 3.05) is 18.5 Å². The van der Waals surface area contributed by atoms with E-state index in [1.165, 1.54) is 0 Å². The summed E-state index contributed by atoms with van der Waals surface area (Å²) in [5.41, 5.74) is 7.17. The van der Waals surface area contributed by atoms with E-state index in [1.54, 1.807) is 24.3 Å². The van der Waals surface area contributed by atoms with E-state index in [0.717, 1.165) is 11.3 Å². The lowest BCUT2D eigenvalue weighted by molar-refractivity contribution is 0.0947. The summed E-state index contributed by atoms with van der Waals surface area (Å²) in [5, 5.41) is 5.20. The summed E-state index contributed by atoms with van der Waals surface area (Å²) in [6.45, 7) is 2.77. The van der Waals surface area contributed by atoms with E-state index in [9.17, 15) is 9.59 Å². The van der Waals surface area contributed by atoms with Crippen molar-refractivity contribution in [3.63, 3.8) is 0 Å². The van der Waals surface area contributed by atoms with Crippen molar-refractivity contribution in [2.24, 2.45) is 5.73 Å². The maximum atomic E-state index is 12.0. The molecule has 2 aromatic carbocycles. The topological polar surface area (TPSA) is 93.4 Å². The highest BCUT2D eigenvalue weighted by Crippen LogP contribution is 2.12. The van der Waals surface area contributed by atoms with Gasteiger partial charge < -0.3 is 21.1 Å². The van der Waals surface area contributed by atoms with Gasteiger partial charge in [-0.3, -0.25) is 4.79 Å². The number of carbonyl (C=O) groups is 2. The first-order valence-electron chi connectivity index (χ1n) is 7.19. The second-order valence-electron chi connectivity index (χ2n) is 4.99. The summed E-state index contributed by atoms with van der Waals surface area (Å²) in [4.78, 5) is 22.7. The van der Waals surface area contributed by atoms with Crippen LogP contribution in [0, 0.1) is 6.92 Å². The smallest absolute Gasteiger partial charge is 0.316 e. The van der Waals surface area contributed by atoms with Crippen molar-refractivity contribution in [1.29, 1.82) is 0 Å². The van der Waals surface area contributed by atoms with E-state index in [4.69, 9.17) is 10.5 Å². The Kier molecular flexibility index (Phi) is 5.57. The van der Waals surface area contributed by atoms with E-state index < -0.39 is 6.03 Å². The molecule has 0 atom stereocenters. The molecule has 0 bridgehead atoms. The molecule has 120 valence electrons. The fraction of sp³-hybridized carbons (Fsp3) is 0.176. The lowest BCUT2D eigenvalue weighted by atomic mass is 10.2. The summed E-state index contributed by atoms with van der Waals surface area (Å²) < 4.78 is 5.56. The highest BCUT2D eigenvalue weighted by atomic mass is 16.5. The highest BCUT2D eigenvalue weighted by Gasteiger charge is 2.05. The van der Waals surface area contributed by atoms with Crippen LogP contribution in [0.4, 0.5) is 10.5 Å². The van der Waals surface area contributed by atoms with Crippen LogP contribution in [0.25, 0.3) is 0 Å². The Morgan fingerprint density at radius 2 is 1.87 bits per heavy atom. The van der Waals surface area contributed by atoms with Gasteiger partial charge in [0.1, 0.15) is 12.4 Å².